The van der Waals surface area contributed by atoms with E-state index in [4.69, 9.17) is 21.7 Å². The number of amides is 6. The monoisotopic (exact) mass is 665 g/mol. The fourth-order valence-electron chi connectivity index (χ4n) is 3.90. The maximum absolute atomic E-state index is 13.1. The van der Waals surface area contributed by atoms with Crippen molar-refractivity contribution in [2.75, 3.05) is 0 Å². The molecule has 6 amide bonds. The third-order valence-corrected chi connectivity index (χ3v) is 6.46. The lowest BCUT2D eigenvalue weighted by molar-refractivity contribution is -0.143. The van der Waals surface area contributed by atoms with Gasteiger partial charge in [0.05, 0.1) is 18.9 Å². The molecule has 0 aliphatic heterocycles. The van der Waals surface area contributed by atoms with Gasteiger partial charge in [-0.1, -0.05) is 30.3 Å². The SMILES string of the molecule is C[C@H](NC(=O)[C@H](C)NC(=O)[C@H](CC(=O)O)NC(=O)[C@@H](N)CC(=O)O)C(=O)N[C@@H](Cc1ccccc1)C(=O)N[C@@H](CCC(N)=O)C(=O)O. The summed E-state index contributed by atoms with van der Waals surface area (Å²) in [5.74, 6) is -10.1. The van der Waals surface area contributed by atoms with Crippen LogP contribution in [0.2, 0.25) is 0 Å². The van der Waals surface area contributed by atoms with Gasteiger partial charge in [0.1, 0.15) is 30.2 Å². The Bertz CT molecular complexity index is 1340. The van der Waals surface area contributed by atoms with Crippen LogP contribution in [0.5, 0.6) is 0 Å². The Kier molecular flexibility index (Phi) is 16.0. The Morgan fingerprint density at radius 2 is 1.11 bits per heavy atom. The summed E-state index contributed by atoms with van der Waals surface area (Å²) in [7, 11) is 0. The summed E-state index contributed by atoms with van der Waals surface area (Å²) >= 11 is 0. The quantitative estimate of drug-likeness (QED) is 0.0642. The zero-order valence-electron chi connectivity index (χ0n) is 25.6. The number of benzene rings is 1. The van der Waals surface area contributed by atoms with Crippen LogP contribution in [0.15, 0.2) is 30.3 Å². The molecule has 258 valence electrons. The summed E-state index contributed by atoms with van der Waals surface area (Å²) in [6, 6.07) is -0.467. The van der Waals surface area contributed by atoms with Crippen LogP contribution in [0.3, 0.4) is 0 Å². The summed E-state index contributed by atoms with van der Waals surface area (Å²) in [6.07, 6.45) is -2.44. The second-order valence-corrected chi connectivity index (χ2v) is 10.5. The van der Waals surface area contributed by atoms with E-state index in [0.29, 0.717) is 5.56 Å². The number of nitrogens with two attached hydrogens (primary N) is 2. The molecule has 19 heteroatoms. The highest BCUT2D eigenvalue weighted by Gasteiger charge is 2.31. The number of carboxylic acid groups (broad SMARTS) is 3. The van der Waals surface area contributed by atoms with Gasteiger partial charge in [-0.2, -0.15) is 0 Å². The van der Waals surface area contributed by atoms with Crippen molar-refractivity contribution in [2.45, 2.75) is 82.2 Å². The summed E-state index contributed by atoms with van der Waals surface area (Å²) in [5, 5.41) is 38.6. The van der Waals surface area contributed by atoms with E-state index in [1.165, 1.54) is 13.8 Å². The van der Waals surface area contributed by atoms with Crippen molar-refractivity contribution >= 4 is 53.4 Å². The van der Waals surface area contributed by atoms with E-state index in [9.17, 15) is 48.3 Å². The number of primary amides is 1. The van der Waals surface area contributed by atoms with Crippen molar-refractivity contribution in [2.24, 2.45) is 11.5 Å². The van der Waals surface area contributed by atoms with Crippen LogP contribution in [-0.4, -0.2) is 105 Å². The molecule has 47 heavy (non-hydrogen) atoms. The second kappa shape index (κ2) is 19.0. The van der Waals surface area contributed by atoms with E-state index in [1.807, 2.05) is 5.32 Å². The van der Waals surface area contributed by atoms with Crippen molar-refractivity contribution < 1.29 is 58.5 Å². The highest BCUT2D eigenvalue weighted by Crippen LogP contribution is 2.06. The van der Waals surface area contributed by atoms with Gasteiger partial charge in [0.15, 0.2) is 0 Å². The average molecular weight is 666 g/mol. The molecular weight excluding hydrogens is 626 g/mol. The number of carbonyl (C=O) groups is 9. The van der Waals surface area contributed by atoms with Crippen LogP contribution in [0.1, 0.15) is 45.1 Å². The number of aliphatic carboxylic acids is 3. The van der Waals surface area contributed by atoms with Crippen LogP contribution >= 0.6 is 0 Å². The molecule has 0 saturated heterocycles. The lowest BCUT2D eigenvalue weighted by Crippen LogP contribution is -2.58. The third kappa shape index (κ3) is 14.8. The van der Waals surface area contributed by atoms with Crippen molar-refractivity contribution in [3.8, 4) is 0 Å². The molecule has 6 atom stereocenters. The summed E-state index contributed by atoms with van der Waals surface area (Å²) in [5.41, 5.74) is 11.1. The van der Waals surface area contributed by atoms with Crippen molar-refractivity contribution in [1.82, 2.24) is 26.6 Å². The van der Waals surface area contributed by atoms with Gasteiger partial charge < -0.3 is 53.4 Å². The molecule has 0 aliphatic rings. The molecule has 0 bridgehead atoms. The molecule has 12 N–H and O–H groups in total. The first-order valence-corrected chi connectivity index (χ1v) is 14.2. The number of hydrogen-bond donors (Lipinski definition) is 10. The van der Waals surface area contributed by atoms with Gasteiger partial charge in [-0.05, 0) is 25.8 Å². The van der Waals surface area contributed by atoms with Crippen molar-refractivity contribution in [3.05, 3.63) is 35.9 Å². The summed E-state index contributed by atoms with van der Waals surface area (Å²) < 4.78 is 0. The van der Waals surface area contributed by atoms with Crippen molar-refractivity contribution in [1.29, 1.82) is 0 Å². The standard InChI is InChI=1S/C28H39N7O12/c1-13(32-26(44)19(12-22(39)40)35-25(43)16(29)11-21(37)38)23(41)31-14(2)24(42)34-18(10-15-6-4-3-5-7-15)27(45)33-17(28(46)47)8-9-20(30)36/h3-7,13-14,16-19H,8-12,29H2,1-2H3,(H2,30,36)(H,31,41)(H,32,44)(H,33,45)(H,34,42)(H,35,43)(H,37,38)(H,39,40)(H,46,47)/t13-,14-,16-,17-,18-,19-/m0/s1. The zero-order valence-corrected chi connectivity index (χ0v) is 25.6. The van der Waals surface area contributed by atoms with Gasteiger partial charge in [-0.25, -0.2) is 4.79 Å². The van der Waals surface area contributed by atoms with Crippen LogP contribution in [-0.2, 0) is 49.6 Å². The second-order valence-electron chi connectivity index (χ2n) is 10.5. The average Bonchev–Trinajstić information content (AvgIpc) is 2.97. The maximum Gasteiger partial charge on any atom is 0.326 e. The van der Waals surface area contributed by atoms with E-state index in [1.54, 1.807) is 30.3 Å². The number of rotatable bonds is 20. The Balaban J connectivity index is 2.96. The largest absolute Gasteiger partial charge is 0.481 e. The molecule has 0 heterocycles. The predicted molar refractivity (Wildman–Crippen MR) is 160 cm³/mol. The Labute approximate surface area is 268 Å². The number of hydrogen-bond acceptors (Lipinski definition) is 10. The number of nitrogens with one attached hydrogen (secondary N) is 5. The van der Waals surface area contributed by atoms with Crippen molar-refractivity contribution in [3.63, 3.8) is 0 Å². The highest BCUT2D eigenvalue weighted by molar-refractivity contribution is 5.97. The van der Waals surface area contributed by atoms with Gasteiger partial charge in [0.2, 0.25) is 35.4 Å². The molecule has 1 aromatic rings. The van der Waals surface area contributed by atoms with Gasteiger partial charge >= 0.3 is 17.9 Å². The van der Waals surface area contributed by atoms with Gasteiger partial charge in [0.25, 0.3) is 0 Å². The van der Waals surface area contributed by atoms with Gasteiger partial charge in [0, 0.05) is 12.8 Å². The minimum Gasteiger partial charge on any atom is -0.481 e. The van der Waals surface area contributed by atoms with Crippen LogP contribution in [0, 0.1) is 0 Å². The van der Waals surface area contributed by atoms with Crippen LogP contribution in [0.25, 0.3) is 0 Å². The fraction of sp³-hybridized carbons (Fsp3) is 0.464. The molecule has 0 spiro atoms. The number of carboxylic acids is 3. The Hall–Kier alpha value is -5.59. The maximum atomic E-state index is 13.1. The Morgan fingerprint density at radius 1 is 0.638 bits per heavy atom. The Morgan fingerprint density at radius 3 is 1.62 bits per heavy atom. The van der Waals surface area contributed by atoms with E-state index in [0.717, 1.165) is 0 Å². The van der Waals surface area contributed by atoms with Gasteiger partial charge in [-0.3, -0.25) is 38.4 Å². The molecule has 0 aromatic heterocycles. The first-order chi connectivity index (χ1) is 21.9. The predicted octanol–water partition coefficient (Wildman–Crippen LogP) is -3.68. The van der Waals surface area contributed by atoms with E-state index in [2.05, 4.69) is 21.3 Å². The third-order valence-electron chi connectivity index (χ3n) is 6.46. The minimum absolute atomic E-state index is 0.0828. The lowest BCUT2D eigenvalue weighted by Gasteiger charge is -2.24. The molecule has 0 saturated carbocycles. The first kappa shape index (κ1) is 39.4. The molecule has 0 unspecified atom stereocenters. The smallest absolute Gasteiger partial charge is 0.326 e. The van der Waals surface area contributed by atoms with E-state index >= 15 is 0 Å². The zero-order chi connectivity index (χ0) is 35.8. The normalized spacial score (nSPS) is 14.4. The lowest BCUT2D eigenvalue weighted by atomic mass is 10.0. The topological polar surface area (TPSA) is 327 Å². The van der Waals surface area contributed by atoms with E-state index < -0.39 is 102 Å². The molecule has 0 aliphatic carbocycles. The molecule has 0 fully saturated rings. The summed E-state index contributed by atoms with van der Waals surface area (Å²) in [6.45, 7) is 2.45. The first-order valence-electron chi connectivity index (χ1n) is 14.2. The highest BCUT2D eigenvalue weighted by atomic mass is 16.4. The molecule has 1 rings (SSSR count). The number of carbonyl (C=O) groups excluding carboxylic acids is 6. The van der Waals surface area contributed by atoms with Gasteiger partial charge in [-0.15, -0.1) is 0 Å². The minimum atomic E-state index is -1.73. The molecular formula is C28H39N7O12. The fourth-order valence-corrected chi connectivity index (χ4v) is 3.90. The summed E-state index contributed by atoms with van der Waals surface area (Å²) in [4.78, 5) is 108. The van der Waals surface area contributed by atoms with E-state index in [-0.39, 0.29) is 19.3 Å². The van der Waals surface area contributed by atoms with Crippen LogP contribution in [0.4, 0.5) is 0 Å². The molecule has 19 nitrogen and oxygen atoms in total. The molecule has 1 aromatic carbocycles. The van der Waals surface area contributed by atoms with Crippen LogP contribution < -0.4 is 38.1 Å². The molecule has 0 radical (unpaired) electrons.